The van der Waals surface area contributed by atoms with Gasteiger partial charge >= 0.3 is 0 Å². The predicted molar refractivity (Wildman–Crippen MR) is 122 cm³/mol. The van der Waals surface area contributed by atoms with Gasteiger partial charge in [-0.3, -0.25) is 9.59 Å². The number of benzene rings is 3. The van der Waals surface area contributed by atoms with E-state index in [1.165, 1.54) is 4.90 Å². The number of likely N-dealkylation sites (tertiary alicyclic amines) is 1. The summed E-state index contributed by atoms with van der Waals surface area (Å²) < 4.78 is 10.5. The van der Waals surface area contributed by atoms with Gasteiger partial charge in [0.05, 0.1) is 18.7 Å². The van der Waals surface area contributed by atoms with E-state index in [1.807, 2.05) is 42.5 Å². The molecule has 0 aliphatic carbocycles. The summed E-state index contributed by atoms with van der Waals surface area (Å²) in [7, 11) is 3.15. The zero-order chi connectivity index (χ0) is 22.7. The van der Waals surface area contributed by atoms with Crippen molar-refractivity contribution in [2.75, 3.05) is 27.4 Å². The Morgan fingerprint density at radius 3 is 2.50 bits per heavy atom. The molecule has 3 aromatic carbocycles. The maximum Gasteiger partial charge on any atom is 0.295 e. The van der Waals surface area contributed by atoms with E-state index in [0.717, 1.165) is 10.8 Å². The molecule has 1 saturated heterocycles. The minimum atomic E-state index is -0.714. The molecule has 32 heavy (non-hydrogen) atoms. The van der Waals surface area contributed by atoms with E-state index in [9.17, 15) is 14.7 Å². The fourth-order valence-corrected chi connectivity index (χ4v) is 4.14. The van der Waals surface area contributed by atoms with Crippen LogP contribution in [0.15, 0.2) is 72.3 Å². The van der Waals surface area contributed by atoms with Crippen molar-refractivity contribution >= 4 is 28.2 Å². The third kappa shape index (κ3) is 3.97. The number of carbonyl (C=O) groups excluding carboxylic acids is 2. The highest BCUT2D eigenvalue weighted by atomic mass is 16.5. The second-order valence-electron chi connectivity index (χ2n) is 7.68. The van der Waals surface area contributed by atoms with Crippen molar-refractivity contribution in [3.05, 3.63) is 83.4 Å². The molecule has 1 unspecified atom stereocenters. The Hall–Kier alpha value is -3.64. The van der Waals surface area contributed by atoms with Crippen molar-refractivity contribution in [2.24, 2.45) is 0 Å². The summed E-state index contributed by atoms with van der Waals surface area (Å²) in [6.45, 7) is 0.785. The van der Waals surface area contributed by atoms with Gasteiger partial charge in [0.2, 0.25) is 0 Å². The maximum atomic E-state index is 13.1. The topological polar surface area (TPSA) is 76.1 Å². The number of hydrogen-bond donors (Lipinski definition) is 1. The Morgan fingerprint density at radius 1 is 0.969 bits per heavy atom. The number of ketones is 1. The highest BCUT2D eigenvalue weighted by Gasteiger charge is 2.45. The number of amides is 1. The van der Waals surface area contributed by atoms with E-state index in [2.05, 4.69) is 0 Å². The molecule has 0 radical (unpaired) electrons. The van der Waals surface area contributed by atoms with Crippen molar-refractivity contribution in [3.63, 3.8) is 0 Å². The van der Waals surface area contributed by atoms with Crippen molar-refractivity contribution < 1.29 is 24.2 Å². The van der Waals surface area contributed by atoms with Crippen LogP contribution in [0.3, 0.4) is 0 Å². The zero-order valence-corrected chi connectivity index (χ0v) is 18.1. The minimum Gasteiger partial charge on any atom is -0.507 e. The van der Waals surface area contributed by atoms with E-state index in [0.29, 0.717) is 36.4 Å². The number of methoxy groups -OCH3 is 2. The molecule has 1 fully saturated rings. The molecule has 1 atom stereocenters. The molecule has 164 valence electrons. The van der Waals surface area contributed by atoms with Crippen LogP contribution in [0.1, 0.15) is 23.6 Å². The van der Waals surface area contributed by atoms with Crippen LogP contribution in [0.25, 0.3) is 16.5 Å². The average molecular weight is 431 g/mol. The summed E-state index contributed by atoms with van der Waals surface area (Å²) in [5.41, 5.74) is 1.27. The van der Waals surface area contributed by atoms with Gasteiger partial charge in [0, 0.05) is 25.8 Å². The lowest BCUT2D eigenvalue weighted by molar-refractivity contribution is -0.140. The number of aliphatic hydroxyl groups is 1. The average Bonchev–Trinajstić information content (AvgIpc) is 3.08. The molecule has 1 amide bonds. The first-order valence-corrected chi connectivity index (χ1v) is 10.5. The predicted octanol–water partition coefficient (Wildman–Crippen LogP) is 4.31. The van der Waals surface area contributed by atoms with Crippen LogP contribution in [-0.2, 0) is 14.3 Å². The smallest absolute Gasteiger partial charge is 0.295 e. The van der Waals surface area contributed by atoms with Gasteiger partial charge in [0.1, 0.15) is 11.5 Å². The summed E-state index contributed by atoms with van der Waals surface area (Å²) in [6, 6.07) is 19.7. The number of nitrogens with zero attached hydrogens (tertiary/aromatic N) is 1. The minimum absolute atomic E-state index is 0.0796. The molecule has 0 aromatic heterocycles. The van der Waals surface area contributed by atoms with Gasteiger partial charge in [-0.25, -0.2) is 0 Å². The van der Waals surface area contributed by atoms with E-state index < -0.39 is 17.7 Å². The summed E-state index contributed by atoms with van der Waals surface area (Å²) in [5, 5.41) is 13.2. The number of ether oxygens (including phenoxy) is 2. The van der Waals surface area contributed by atoms with Crippen LogP contribution < -0.4 is 4.74 Å². The van der Waals surface area contributed by atoms with Gasteiger partial charge in [0.15, 0.2) is 0 Å². The Morgan fingerprint density at radius 2 is 1.75 bits per heavy atom. The van der Waals surface area contributed by atoms with Crippen LogP contribution in [0, 0.1) is 0 Å². The fourth-order valence-electron chi connectivity index (χ4n) is 4.14. The molecule has 1 N–H and O–H groups in total. The molecule has 6 heteroatoms. The SMILES string of the molecule is COCCCN1C(=O)C(=O)/C(=C(\O)c2ccc3ccccc3c2)C1c1cccc(OC)c1. The van der Waals surface area contributed by atoms with Crippen LogP contribution in [0.5, 0.6) is 5.75 Å². The molecule has 1 aliphatic rings. The molecular formula is C26H25NO5. The largest absolute Gasteiger partial charge is 0.507 e. The lowest BCUT2D eigenvalue weighted by Crippen LogP contribution is -2.31. The van der Waals surface area contributed by atoms with Crippen LogP contribution in [0.4, 0.5) is 0 Å². The van der Waals surface area contributed by atoms with Gasteiger partial charge in [0.25, 0.3) is 11.7 Å². The lowest BCUT2D eigenvalue weighted by atomic mass is 9.94. The summed E-state index contributed by atoms with van der Waals surface area (Å²) in [6.07, 6.45) is 0.569. The van der Waals surface area contributed by atoms with E-state index in [4.69, 9.17) is 9.47 Å². The zero-order valence-electron chi connectivity index (χ0n) is 18.1. The third-order valence-corrected chi connectivity index (χ3v) is 5.72. The number of carbonyl (C=O) groups is 2. The lowest BCUT2D eigenvalue weighted by Gasteiger charge is -2.25. The van der Waals surface area contributed by atoms with Gasteiger partial charge in [-0.05, 0) is 41.0 Å². The van der Waals surface area contributed by atoms with Gasteiger partial charge in [-0.15, -0.1) is 0 Å². The molecule has 6 nitrogen and oxygen atoms in total. The highest BCUT2D eigenvalue weighted by Crippen LogP contribution is 2.40. The molecule has 3 aromatic rings. The second kappa shape index (κ2) is 9.24. The van der Waals surface area contributed by atoms with Crippen LogP contribution in [0.2, 0.25) is 0 Å². The first-order chi connectivity index (χ1) is 15.5. The van der Waals surface area contributed by atoms with Crippen molar-refractivity contribution in [2.45, 2.75) is 12.5 Å². The van der Waals surface area contributed by atoms with E-state index in [1.54, 1.807) is 38.5 Å². The van der Waals surface area contributed by atoms with Crippen molar-refractivity contribution in [1.82, 2.24) is 4.90 Å². The molecule has 0 saturated carbocycles. The fraction of sp³-hybridized carbons (Fsp3) is 0.231. The summed E-state index contributed by atoms with van der Waals surface area (Å²) >= 11 is 0. The number of aliphatic hydroxyl groups excluding tert-OH is 1. The number of hydrogen-bond acceptors (Lipinski definition) is 5. The van der Waals surface area contributed by atoms with Crippen molar-refractivity contribution in [3.8, 4) is 5.75 Å². The summed E-state index contributed by atoms with van der Waals surface area (Å²) in [4.78, 5) is 27.6. The monoisotopic (exact) mass is 431 g/mol. The summed E-state index contributed by atoms with van der Waals surface area (Å²) in [5.74, 6) is -0.899. The van der Waals surface area contributed by atoms with E-state index in [-0.39, 0.29) is 11.3 Å². The molecule has 0 bridgehead atoms. The molecular weight excluding hydrogens is 406 g/mol. The van der Waals surface area contributed by atoms with Crippen molar-refractivity contribution in [1.29, 1.82) is 0 Å². The maximum absolute atomic E-state index is 13.1. The van der Waals surface area contributed by atoms with E-state index >= 15 is 0 Å². The van der Waals surface area contributed by atoms with Crippen LogP contribution >= 0.6 is 0 Å². The highest BCUT2D eigenvalue weighted by molar-refractivity contribution is 6.46. The quantitative estimate of drug-likeness (QED) is 0.261. The molecule has 1 aliphatic heterocycles. The van der Waals surface area contributed by atoms with Crippen LogP contribution in [-0.4, -0.2) is 49.1 Å². The Kier molecular flexibility index (Phi) is 6.23. The Balaban J connectivity index is 1.85. The molecule has 1 heterocycles. The number of fused-ring (bicyclic) bond motifs is 1. The van der Waals surface area contributed by atoms with Gasteiger partial charge < -0.3 is 19.5 Å². The normalized spacial score (nSPS) is 17.8. The second-order valence-corrected chi connectivity index (χ2v) is 7.68. The molecule has 0 spiro atoms. The van der Waals surface area contributed by atoms with Gasteiger partial charge in [-0.1, -0.05) is 48.5 Å². The van der Waals surface area contributed by atoms with Gasteiger partial charge in [-0.2, -0.15) is 0 Å². The Bertz CT molecular complexity index is 1200. The third-order valence-electron chi connectivity index (χ3n) is 5.72. The first kappa shape index (κ1) is 21.6. The standard InChI is InChI=1S/C26H25NO5/c1-31-14-6-13-27-23(19-9-5-10-21(16-19)32-2)22(25(29)26(27)30)24(28)20-12-11-17-7-3-4-8-18(17)15-20/h3-5,7-12,15-16,23,28H,6,13-14H2,1-2H3/b24-22-. The number of Topliss-reactive ketones (excluding diaryl/α,β-unsaturated/α-hetero) is 1. The Labute approximate surface area is 186 Å². The molecule has 4 rings (SSSR count). The number of rotatable bonds is 7. The first-order valence-electron chi connectivity index (χ1n) is 10.5.